The van der Waals surface area contributed by atoms with Crippen LogP contribution in [0.15, 0.2) is 42.0 Å². The molecule has 6 nitrogen and oxygen atoms in total. The molecule has 0 spiro atoms. The van der Waals surface area contributed by atoms with E-state index < -0.39 is 0 Å². The molecule has 0 aliphatic carbocycles. The first-order valence-electron chi connectivity index (χ1n) is 6.46. The highest BCUT2D eigenvalue weighted by atomic mass is 32.1. The Hall–Kier alpha value is -2.54. The maximum absolute atomic E-state index is 11.8. The van der Waals surface area contributed by atoms with Gasteiger partial charge in [-0.05, 0) is 23.6 Å². The first-order valence-corrected chi connectivity index (χ1v) is 7.34. The van der Waals surface area contributed by atoms with Crippen molar-refractivity contribution in [2.45, 2.75) is 6.42 Å². The summed E-state index contributed by atoms with van der Waals surface area (Å²) in [6.45, 7) is 0.516. The number of pyridine rings is 1. The number of H-pyrrole nitrogens is 1. The molecule has 106 valence electrons. The summed E-state index contributed by atoms with van der Waals surface area (Å²) in [7, 11) is 0. The van der Waals surface area contributed by atoms with E-state index in [2.05, 4.69) is 25.5 Å². The lowest BCUT2D eigenvalue weighted by Crippen LogP contribution is -2.25. The van der Waals surface area contributed by atoms with Crippen LogP contribution in [0.25, 0.3) is 11.4 Å². The second-order valence-corrected chi connectivity index (χ2v) is 5.27. The molecule has 0 aliphatic rings. The Morgan fingerprint density at radius 3 is 2.90 bits per heavy atom. The molecule has 1 amide bonds. The van der Waals surface area contributed by atoms with Gasteiger partial charge in [0.25, 0.3) is 5.91 Å². The van der Waals surface area contributed by atoms with Crippen molar-refractivity contribution in [3.05, 3.63) is 52.7 Å². The Labute approximate surface area is 125 Å². The third kappa shape index (κ3) is 3.32. The Balaban J connectivity index is 1.55. The van der Waals surface area contributed by atoms with E-state index in [1.54, 1.807) is 18.5 Å². The zero-order chi connectivity index (χ0) is 14.5. The van der Waals surface area contributed by atoms with Crippen LogP contribution < -0.4 is 5.32 Å². The van der Waals surface area contributed by atoms with Crippen LogP contribution in [0.3, 0.4) is 0 Å². The number of carbonyl (C=O) groups excluding carboxylic acids is 1. The van der Waals surface area contributed by atoms with Gasteiger partial charge in [0.1, 0.15) is 5.82 Å². The zero-order valence-electron chi connectivity index (χ0n) is 11.1. The van der Waals surface area contributed by atoms with Crippen molar-refractivity contribution < 1.29 is 4.79 Å². The van der Waals surface area contributed by atoms with Gasteiger partial charge in [0.2, 0.25) is 0 Å². The molecule has 3 aromatic heterocycles. The van der Waals surface area contributed by atoms with Crippen LogP contribution in [0.2, 0.25) is 0 Å². The molecule has 0 bridgehead atoms. The third-order valence-corrected chi connectivity index (χ3v) is 3.73. The highest BCUT2D eigenvalue weighted by molar-refractivity contribution is 7.12. The number of thiophene rings is 1. The quantitative estimate of drug-likeness (QED) is 0.753. The van der Waals surface area contributed by atoms with Crippen LogP contribution in [0.1, 0.15) is 15.5 Å². The third-order valence-electron chi connectivity index (χ3n) is 2.86. The van der Waals surface area contributed by atoms with E-state index in [0.717, 1.165) is 11.4 Å². The van der Waals surface area contributed by atoms with Crippen molar-refractivity contribution in [3.63, 3.8) is 0 Å². The summed E-state index contributed by atoms with van der Waals surface area (Å²) in [5, 5.41) is 11.8. The molecule has 21 heavy (non-hydrogen) atoms. The zero-order valence-corrected chi connectivity index (χ0v) is 11.9. The number of hydrogen-bond donors (Lipinski definition) is 2. The summed E-state index contributed by atoms with van der Waals surface area (Å²) >= 11 is 1.42. The second kappa shape index (κ2) is 6.27. The van der Waals surface area contributed by atoms with Crippen molar-refractivity contribution in [3.8, 4) is 11.4 Å². The Kier molecular flexibility index (Phi) is 4.02. The summed E-state index contributed by atoms with van der Waals surface area (Å²) in [6, 6.07) is 7.37. The minimum Gasteiger partial charge on any atom is -0.351 e. The monoisotopic (exact) mass is 299 g/mol. The first-order chi connectivity index (χ1) is 10.3. The number of aromatic amines is 1. The van der Waals surface area contributed by atoms with Crippen LogP contribution in [-0.2, 0) is 6.42 Å². The van der Waals surface area contributed by atoms with E-state index in [1.165, 1.54) is 11.3 Å². The lowest BCUT2D eigenvalue weighted by molar-refractivity contribution is 0.0958. The van der Waals surface area contributed by atoms with Crippen molar-refractivity contribution in [1.82, 2.24) is 25.5 Å². The molecule has 7 heteroatoms. The van der Waals surface area contributed by atoms with Gasteiger partial charge in [0, 0.05) is 30.9 Å². The standard InChI is InChI=1S/C14H13N5OS/c20-14(11-2-1-9-21-11)16-8-5-12-17-13(19-18-12)10-3-6-15-7-4-10/h1-4,6-7,9H,5,8H2,(H,16,20)(H,17,18,19). The van der Waals surface area contributed by atoms with Gasteiger partial charge < -0.3 is 5.32 Å². The second-order valence-electron chi connectivity index (χ2n) is 4.32. The van der Waals surface area contributed by atoms with Gasteiger partial charge in [-0.25, -0.2) is 4.98 Å². The van der Waals surface area contributed by atoms with Gasteiger partial charge in [0.05, 0.1) is 4.88 Å². The fourth-order valence-electron chi connectivity index (χ4n) is 1.83. The summed E-state index contributed by atoms with van der Waals surface area (Å²) in [4.78, 5) is 20.8. The molecule has 0 saturated heterocycles. The summed E-state index contributed by atoms with van der Waals surface area (Å²) < 4.78 is 0. The van der Waals surface area contributed by atoms with Crippen LogP contribution in [0, 0.1) is 0 Å². The molecular formula is C14H13N5OS. The van der Waals surface area contributed by atoms with Crippen LogP contribution in [0.5, 0.6) is 0 Å². The van der Waals surface area contributed by atoms with Crippen LogP contribution in [0.4, 0.5) is 0 Å². The number of hydrogen-bond acceptors (Lipinski definition) is 5. The van der Waals surface area contributed by atoms with Gasteiger partial charge in [-0.2, -0.15) is 5.10 Å². The number of aromatic nitrogens is 4. The molecule has 3 heterocycles. The SMILES string of the molecule is O=C(NCCc1nc(-c2ccncc2)n[nH]1)c1cccs1. The van der Waals surface area contributed by atoms with E-state index in [9.17, 15) is 4.79 Å². The lowest BCUT2D eigenvalue weighted by atomic mass is 10.2. The lowest BCUT2D eigenvalue weighted by Gasteiger charge is -2.00. The van der Waals surface area contributed by atoms with Crippen molar-refractivity contribution >= 4 is 17.2 Å². The molecule has 3 rings (SSSR count). The molecule has 0 radical (unpaired) electrons. The van der Waals surface area contributed by atoms with Gasteiger partial charge in [-0.1, -0.05) is 6.07 Å². The molecule has 0 aromatic carbocycles. The first kappa shape index (κ1) is 13.4. The fourth-order valence-corrected chi connectivity index (χ4v) is 2.47. The molecule has 0 unspecified atom stereocenters. The number of carbonyl (C=O) groups is 1. The normalized spacial score (nSPS) is 10.5. The van der Waals surface area contributed by atoms with Crippen LogP contribution >= 0.6 is 11.3 Å². The molecule has 0 fully saturated rings. The van der Waals surface area contributed by atoms with Gasteiger partial charge in [-0.3, -0.25) is 14.9 Å². The minimum absolute atomic E-state index is 0.0566. The van der Waals surface area contributed by atoms with Gasteiger partial charge >= 0.3 is 0 Å². The highest BCUT2D eigenvalue weighted by Gasteiger charge is 2.08. The maximum atomic E-state index is 11.8. The molecule has 2 N–H and O–H groups in total. The van der Waals surface area contributed by atoms with E-state index in [1.807, 2.05) is 23.6 Å². The predicted molar refractivity (Wildman–Crippen MR) is 80.0 cm³/mol. The van der Waals surface area contributed by atoms with Gasteiger partial charge in [0.15, 0.2) is 5.82 Å². The smallest absolute Gasteiger partial charge is 0.261 e. The number of amides is 1. The highest BCUT2D eigenvalue weighted by Crippen LogP contribution is 2.12. The van der Waals surface area contributed by atoms with E-state index in [4.69, 9.17) is 0 Å². The Morgan fingerprint density at radius 1 is 1.29 bits per heavy atom. The maximum Gasteiger partial charge on any atom is 0.261 e. The summed E-state index contributed by atoms with van der Waals surface area (Å²) in [6.07, 6.45) is 4.01. The van der Waals surface area contributed by atoms with E-state index in [-0.39, 0.29) is 5.91 Å². The number of nitrogens with one attached hydrogen (secondary N) is 2. The molecule has 0 aliphatic heterocycles. The Bertz CT molecular complexity index is 708. The molecule has 3 aromatic rings. The van der Waals surface area contributed by atoms with Crippen molar-refractivity contribution in [1.29, 1.82) is 0 Å². The van der Waals surface area contributed by atoms with Gasteiger partial charge in [-0.15, -0.1) is 11.3 Å². The number of nitrogens with zero attached hydrogens (tertiary/aromatic N) is 3. The Morgan fingerprint density at radius 2 is 2.14 bits per heavy atom. The fraction of sp³-hybridized carbons (Fsp3) is 0.143. The van der Waals surface area contributed by atoms with Crippen molar-refractivity contribution in [2.24, 2.45) is 0 Å². The van der Waals surface area contributed by atoms with E-state index >= 15 is 0 Å². The topological polar surface area (TPSA) is 83.6 Å². The molecule has 0 atom stereocenters. The predicted octanol–water partition coefficient (Wildman–Crippen LogP) is 1.90. The van der Waals surface area contributed by atoms with Crippen LogP contribution in [-0.4, -0.2) is 32.6 Å². The van der Waals surface area contributed by atoms with Crippen molar-refractivity contribution in [2.75, 3.05) is 6.54 Å². The average molecular weight is 299 g/mol. The summed E-state index contributed by atoms with van der Waals surface area (Å²) in [5.41, 5.74) is 0.912. The summed E-state index contributed by atoms with van der Waals surface area (Å²) in [5.74, 6) is 1.32. The number of rotatable bonds is 5. The minimum atomic E-state index is -0.0566. The van der Waals surface area contributed by atoms with E-state index in [0.29, 0.717) is 23.7 Å². The largest absolute Gasteiger partial charge is 0.351 e. The molecular weight excluding hydrogens is 286 g/mol. The molecule has 0 saturated carbocycles. The average Bonchev–Trinajstić information content (AvgIpc) is 3.20.